The average Bonchev–Trinajstić information content (AvgIpc) is 3.01. The maximum absolute atomic E-state index is 12.4. The lowest BCUT2D eigenvalue weighted by Crippen LogP contribution is -2.22. The molecular weight excluding hydrogens is 300 g/mol. The number of carbonyl (C=O) groups is 1. The van der Waals surface area contributed by atoms with Crippen molar-refractivity contribution < 1.29 is 4.79 Å². The lowest BCUT2D eigenvalue weighted by molar-refractivity contribution is -0.115. The molecule has 2 heterocycles. The van der Waals surface area contributed by atoms with Crippen LogP contribution in [0, 0.1) is 6.92 Å². The number of aryl methyl sites for hydroxylation is 1. The molecule has 0 unspecified atom stereocenters. The van der Waals surface area contributed by atoms with Crippen LogP contribution in [0.4, 0.5) is 5.95 Å². The largest absolute Gasteiger partial charge is 0.296 e. The van der Waals surface area contributed by atoms with Crippen LogP contribution in [0.2, 0.25) is 0 Å². The molecule has 4 rings (SSSR count). The molecule has 1 fully saturated rings. The molecule has 124 valence electrons. The average molecular weight is 322 g/mol. The van der Waals surface area contributed by atoms with Crippen LogP contribution in [-0.4, -0.2) is 20.4 Å². The van der Waals surface area contributed by atoms with Crippen molar-refractivity contribution in [1.29, 1.82) is 0 Å². The zero-order valence-corrected chi connectivity index (χ0v) is 14.2. The lowest BCUT2D eigenvalue weighted by atomic mass is 9.93. The molecule has 1 amide bonds. The lowest BCUT2D eigenvalue weighted by Gasteiger charge is -2.28. The molecule has 24 heavy (non-hydrogen) atoms. The Balaban J connectivity index is 1.62. The van der Waals surface area contributed by atoms with Gasteiger partial charge in [-0.3, -0.25) is 14.7 Å². The number of rotatable bonds is 4. The number of pyridine rings is 1. The first-order chi connectivity index (χ1) is 11.6. The highest BCUT2D eigenvalue weighted by molar-refractivity contribution is 5.93. The van der Waals surface area contributed by atoms with Crippen LogP contribution in [-0.2, 0) is 4.79 Å². The summed E-state index contributed by atoms with van der Waals surface area (Å²) in [5.41, 5.74) is 5.20. The number of hydrogen-bond acceptors (Lipinski definition) is 3. The molecule has 0 spiro atoms. The van der Waals surface area contributed by atoms with Crippen molar-refractivity contribution in [2.75, 3.05) is 5.32 Å². The van der Waals surface area contributed by atoms with Gasteiger partial charge in [-0.05, 0) is 56.7 Å². The van der Waals surface area contributed by atoms with Crippen molar-refractivity contribution in [3.05, 3.63) is 41.1 Å². The number of imidazole rings is 1. The van der Waals surface area contributed by atoms with Crippen LogP contribution in [0.25, 0.3) is 11.2 Å². The number of nitrogens with zero attached hydrogens (tertiary/aromatic N) is 3. The van der Waals surface area contributed by atoms with Crippen molar-refractivity contribution in [2.24, 2.45) is 0 Å². The van der Waals surface area contributed by atoms with Crippen molar-refractivity contribution in [3.63, 3.8) is 0 Å². The molecule has 5 nitrogen and oxygen atoms in total. The van der Waals surface area contributed by atoms with Gasteiger partial charge >= 0.3 is 0 Å². The van der Waals surface area contributed by atoms with Gasteiger partial charge in [-0.15, -0.1) is 0 Å². The Morgan fingerprint density at radius 1 is 1.38 bits per heavy atom. The van der Waals surface area contributed by atoms with Crippen molar-refractivity contribution in [1.82, 2.24) is 14.5 Å². The number of allylic oxidation sites excluding steroid dienone is 3. The molecule has 0 aromatic carbocycles. The first-order valence-electron chi connectivity index (χ1n) is 8.61. The number of hydrogen-bond donors (Lipinski definition) is 1. The highest BCUT2D eigenvalue weighted by atomic mass is 16.1. The molecule has 1 saturated carbocycles. The Morgan fingerprint density at radius 2 is 2.21 bits per heavy atom. The zero-order valence-electron chi connectivity index (χ0n) is 14.2. The van der Waals surface area contributed by atoms with Crippen molar-refractivity contribution in [3.8, 4) is 0 Å². The van der Waals surface area contributed by atoms with Crippen LogP contribution in [0.5, 0.6) is 0 Å². The molecule has 0 radical (unpaired) electrons. The van der Waals surface area contributed by atoms with Gasteiger partial charge in [0.15, 0.2) is 5.65 Å². The van der Waals surface area contributed by atoms with Crippen LogP contribution in [0.1, 0.15) is 50.6 Å². The summed E-state index contributed by atoms with van der Waals surface area (Å²) in [5.74, 6) is 0.622. The topological polar surface area (TPSA) is 59.8 Å². The Hall–Kier alpha value is -2.43. The van der Waals surface area contributed by atoms with Crippen LogP contribution >= 0.6 is 0 Å². The minimum atomic E-state index is -0.0141. The fourth-order valence-electron chi connectivity index (χ4n) is 3.37. The maximum atomic E-state index is 12.4. The van der Waals surface area contributed by atoms with E-state index in [1.165, 1.54) is 12.0 Å². The first-order valence-corrected chi connectivity index (χ1v) is 8.61. The maximum Gasteiger partial charge on any atom is 0.231 e. The molecule has 1 N–H and O–H groups in total. The van der Waals surface area contributed by atoms with E-state index in [0.29, 0.717) is 18.4 Å². The second kappa shape index (κ2) is 5.89. The summed E-state index contributed by atoms with van der Waals surface area (Å²) in [6, 6.07) is 2.42. The smallest absolute Gasteiger partial charge is 0.231 e. The van der Waals surface area contributed by atoms with E-state index in [1.54, 1.807) is 0 Å². The first kappa shape index (κ1) is 15.1. The van der Waals surface area contributed by atoms with Gasteiger partial charge < -0.3 is 0 Å². The third-order valence-electron chi connectivity index (χ3n) is 4.84. The molecule has 0 aliphatic heterocycles. The monoisotopic (exact) mass is 322 g/mol. The van der Waals surface area contributed by atoms with Crippen LogP contribution in [0.15, 0.2) is 35.6 Å². The summed E-state index contributed by atoms with van der Waals surface area (Å²) in [6.07, 6.45) is 10.9. The van der Waals surface area contributed by atoms with Gasteiger partial charge in [-0.2, -0.15) is 0 Å². The molecule has 2 aromatic heterocycles. The summed E-state index contributed by atoms with van der Waals surface area (Å²) < 4.78 is 2.11. The molecule has 2 aromatic rings. The highest BCUT2D eigenvalue weighted by Crippen LogP contribution is 2.36. The van der Waals surface area contributed by atoms with Crippen LogP contribution < -0.4 is 5.32 Å². The molecule has 0 bridgehead atoms. The van der Waals surface area contributed by atoms with Gasteiger partial charge in [0.25, 0.3) is 0 Å². The van der Waals surface area contributed by atoms with E-state index in [4.69, 9.17) is 0 Å². The fraction of sp³-hybridized carbons (Fsp3) is 0.421. The van der Waals surface area contributed by atoms with Crippen LogP contribution in [0.3, 0.4) is 0 Å². The SMILES string of the molecule is CC1=CC(CC(=O)Nc2nc3cc(C)cnc3n2C2CCC2)=CC1. The fourth-order valence-corrected chi connectivity index (χ4v) is 3.37. The van der Waals surface area contributed by atoms with E-state index >= 15 is 0 Å². The minimum absolute atomic E-state index is 0.0141. The van der Waals surface area contributed by atoms with E-state index in [2.05, 4.69) is 38.9 Å². The quantitative estimate of drug-likeness (QED) is 0.923. The summed E-state index contributed by atoms with van der Waals surface area (Å²) in [4.78, 5) is 21.6. The predicted octanol–water partition coefficient (Wildman–Crippen LogP) is 4.07. The van der Waals surface area contributed by atoms with Gasteiger partial charge in [0.2, 0.25) is 11.9 Å². The number of carbonyl (C=O) groups excluding carboxylic acids is 1. The van der Waals surface area contributed by atoms with E-state index in [0.717, 1.165) is 41.6 Å². The summed E-state index contributed by atoms with van der Waals surface area (Å²) in [7, 11) is 0. The Labute approximate surface area is 141 Å². The minimum Gasteiger partial charge on any atom is -0.296 e. The van der Waals surface area contributed by atoms with Gasteiger partial charge in [0.05, 0.1) is 6.42 Å². The second-order valence-electron chi connectivity index (χ2n) is 6.94. The summed E-state index contributed by atoms with van der Waals surface area (Å²) in [5, 5.41) is 3.01. The van der Waals surface area contributed by atoms with E-state index in [1.807, 2.05) is 19.2 Å². The molecule has 2 aliphatic carbocycles. The molecule has 0 atom stereocenters. The Morgan fingerprint density at radius 3 is 2.88 bits per heavy atom. The van der Waals surface area contributed by atoms with Gasteiger partial charge in [0, 0.05) is 12.2 Å². The van der Waals surface area contributed by atoms with E-state index < -0.39 is 0 Å². The molecular formula is C19H22N4O. The molecule has 5 heteroatoms. The predicted molar refractivity (Wildman–Crippen MR) is 94.9 cm³/mol. The summed E-state index contributed by atoms with van der Waals surface area (Å²) in [6.45, 7) is 4.10. The summed E-state index contributed by atoms with van der Waals surface area (Å²) >= 11 is 0. The van der Waals surface area contributed by atoms with Gasteiger partial charge in [0.1, 0.15) is 5.52 Å². The van der Waals surface area contributed by atoms with E-state index in [9.17, 15) is 4.79 Å². The number of anilines is 1. The van der Waals surface area contributed by atoms with Gasteiger partial charge in [-0.25, -0.2) is 9.97 Å². The highest BCUT2D eigenvalue weighted by Gasteiger charge is 2.26. The zero-order chi connectivity index (χ0) is 16.7. The Kier molecular flexibility index (Phi) is 3.71. The number of aromatic nitrogens is 3. The number of fused-ring (bicyclic) bond motifs is 1. The van der Waals surface area contributed by atoms with Gasteiger partial charge in [-0.1, -0.05) is 17.7 Å². The second-order valence-corrected chi connectivity index (χ2v) is 6.94. The number of amides is 1. The van der Waals surface area contributed by atoms with E-state index in [-0.39, 0.29) is 5.91 Å². The third-order valence-corrected chi connectivity index (χ3v) is 4.84. The standard InChI is InChI=1S/C19H22N4O/c1-12-6-7-14(8-12)10-17(24)22-19-21-16-9-13(2)11-20-18(16)23(19)15-4-3-5-15/h7-9,11,15H,3-6,10H2,1-2H3,(H,21,22,24). The van der Waals surface area contributed by atoms with Crippen molar-refractivity contribution >= 4 is 23.0 Å². The third kappa shape index (κ3) is 2.75. The molecule has 2 aliphatic rings. The Bertz CT molecular complexity index is 871. The normalized spacial score (nSPS) is 17.6. The van der Waals surface area contributed by atoms with Crippen molar-refractivity contribution in [2.45, 2.75) is 52.0 Å². The molecule has 0 saturated heterocycles. The number of nitrogens with one attached hydrogen (secondary N) is 1.